The summed E-state index contributed by atoms with van der Waals surface area (Å²) in [5.74, 6) is -0.963. The Morgan fingerprint density at radius 1 is 1.50 bits per heavy atom. The van der Waals surface area contributed by atoms with Gasteiger partial charge < -0.3 is 10.4 Å². The molecule has 16 heavy (non-hydrogen) atoms. The molecule has 84 valence electrons. The minimum Gasteiger partial charge on any atom is -0.505 e. The second-order valence-corrected chi connectivity index (χ2v) is 4.44. The van der Waals surface area contributed by atoms with Gasteiger partial charge in [-0.3, -0.25) is 0 Å². The molecule has 0 unspecified atom stereocenters. The molecule has 0 aliphatic carbocycles. The molecule has 0 spiro atoms. The summed E-state index contributed by atoms with van der Waals surface area (Å²) in [5, 5.41) is 15.0. The van der Waals surface area contributed by atoms with Crippen molar-refractivity contribution in [2.24, 2.45) is 0 Å². The van der Waals surface area contributed by atoms with Crippen LogP contribution in [0.25, 0.3) is 0 Å². The van der Waals surface area contributed by atoms with Gasteiger partial charge in [0, 0.05) is 17.1 Å². The standard InChI is InChI=1S/C11H11FN2OS/c1-7-14-9(6-16-7)5-13-8-2-3-11(15)10(12)4-8/h2-4,6,13,15H,5H2,1H3. The van der Waals surface area contributed by atoms with Crippen molar-refractivity contribution in [2.45, 2.75) is 13.5 Å². The minimum absolute atomic E-state index is 0.338. The molecule has 0 amide bonds. The van der Waals surface area contributed by atoms with Gasteiger partial charge in [0.2, 0.25) is 0 Å². The van der Waals surface area contributed by atoms with Gasteiger partial charge in [0.05, 0.1) is 17.2 Å². The topological polar surface area (TPSA) is 45.2 Å². The fourth-order valence-electron chi connectivity index (χ4n) is 1.30. The molecule has 0 atom stereocenters. The highest BCUT2D eigenvalue weighted by Gasteiger charge is 2.02. The van der Waals surface area contributed by atoms with Crippen LogP contribution >= 0.6 is 11.3 Å². The lowest BCUT2D eigenvalue weighted by Crippen LogP contribution is -1.99. The van der Waals surface area contributed by atoms with Crippen molar-refractivity contribution in [1.29, 1.82) is 0 Å². The average Bonchev–Trinajstić information content (AvgIpc) is 2.66. The molecule has 0 aliphatic heterocycles. The maximum Gasteiger partial charge on any atom is 0.166 e. The Bertz CT molecular complexity index is 498. The fourth-order valence-corrected chi connectivity index (χ4v) is 1.91. The monoisotopic (exact) mass is 238 g/mol. The second-order valence-electron chi connectivity index (χ2n) is 3.38. The molecule has 0 saturated carbocycles. The molecule has 1 aromatic heterocycles. The van der Waals surface area contributed by atoms with Crippen LogP contribution in [0.2, 0.25) is 0 Å². The van der Waals surface area contributed by atoms with E-state index in [1.165, 1.54) is 12.1 Å². The van der Waals surface area contributed by atoms with Crippen LogP contribution < -0.4 is 5.32 Å². The summed E-state index contributed by atoms with van der Waals surface area (Å²) in [7, 11) is 0. The van der Waals surface area contributed by atoms with Crippen molar-refractivity contribution in [3.8, 4) is 5.75 Å². The Hall–Kier alpha value is -1.62. The predicted octanol–water partition coefficient (Wildman–Crippen LogP) is 2.91. The van der Waals surface area contributed by atoms with Crippen LogP contribution in [0, 0.1) is 12.7 Å². The smallest absolute Gasteiger partial charge is 0.166 e. The van der Waals surface area contributed by atoms with Gasteiger partial charge in [-0.1, -0.05) is 0 Å². The van der Waals surface area contributed by atoms with Crippen LogP contribution in [0.1, 0.15) is 10.7 Å². The largest absolute Gasteiger partial charge is 0.505 e. The van der Waals surface area contributed by atoms with Crippen LogP contribution in [0.15, 0.2) is 23.6 Å². The van der Waals surface area contributed by atoms with E-state index in [2.05, 4.69) is 10.3 Å². The number of phenolic OH excluding ortho intramolecular Hbond substituents is 1. The number of benzene rings is 1. The Morgan fingerprint density at radius 2 is 2.31 bits per heavy atom. The van der Waals surface area contributed by atoms with Gasteiger partial charge in [0.1, 0.15) is 0 Å². The van der Waals surface area contributed by atoms with Crippen molar-refractivity contribution in [3.05, 3.63) is 40.1 Å². The van der Waals surface area contributed by atoms with E-state index in [1.54, 1.807) is 17.4 Å². The molecular weight excluding hydrogens is 227 g/mol. The molecule has 0 saturated heterocycles. The van der Waals surface area contributed by atoms with Crippen LogP contribution in [-0.2, 0) is 6.54 Å². The van der Waals surface area contributed by atoms with E-state index in [1.807, 2.05) is 12.3 Å². The van der Waals surface area contributed by atoms with Crippen LogP contribution in [0.3, 0.4) is 0 Å². The maximum absolute atomic E-state index is 13.0. The molecule has 1 aromatic carbocycles. The Kier molecular flexibility index (Phi) is 3.05. The first-order valence-corrected chi connectivity index (χ1v) is 5.66. The normalized spacial score (nSPS) is 10.4. The van der Waals surface area contributed by atoms with Crippen molar-refractivity contribution in [1.82, 2.24) is 4.98 Å². The zero-order chi connectivity index (χ0) is 11.5. The molecule has 0 radical (unpaired) electrons. The number of halogens is 1. The molecule has 2 rings (SSSR count). The molecule has 3 nitrogen and oxygen atoms in total. The molecule has 0 bridgehead atoms. The van der Waals surface area contributed by atoms with Crippen molar-refractivity contribution in [2.75, 3.05) is 5.32 Å². The van der Waals surface area contributed by atoms with Crippen LogP contribution in [0.5, 0.6) is 5.75 Å². The van der Waals surface area contributed by atoms with Crippen molar-refractivity contribution in [3.63, 3.8) is 0 Å². The Morgan fingerprint density at radius 3 is 2.94 bits per heavy atom. The van der Waals surface area contributed by atoms with E-state index in [0.29, 0.717) is 12.2 Å². The van der Waals surface area contributed by atoms with Gasteiger partial charge in [-0.2, -0.15) is 0 Å². The summed E-state index contributed by atoms with van der Waals surface area (Å²) in [4.78, 5) is 4.28. The molecule has 0 fully saturated rings. The number of nitrogens with one attached hydrogen (secondary N) is 1. The number of phenols is 1. The van der Waals surface area contributed by atoms with Crippen LogP contribution in [0.4, 0.5) is 10.1 Å². The fraction of sp³-hybridized carbons (Fsp3) is 0.182. The molecule has 0 aliphatic rings. The number of aryl methyl sites for hydroxylation is 1. The molecular formula is C11H11FN2OS. The van der Waals surface area contributed by atoms with E-state index < -0.39 is 5.82 Å². The highest BCUT2D eigenvalue weighted by molar-refractivity contribution is 7.09. The first kappa shape index (κ1) is 10.9. The first-order valence-electron chi connectivity index (χ1n) is 4.78. The van der Waals surface area contributed by atoms with E-state index in [-0.39, 0.29) is 5.75 Å². The van der Waals surface area contributed by atoms with Gasteiger partial charge in [0.25, 0.3) is 0 Å². The summed E-state index contributed by atoms with van der Waals surface area (Å²) in [6.45, 7) is 2.49. The van der Waals surface area contributed by atoms with E-state index in [9.17, 15) is 4.39 Å². The molecule has 2 aromatic rings. The Balaban J connectivity index is 2.02. The van der Waals surface area contributed by atoms with Crippen LogP contribution in [-0.4, -0.2) is 10.1 Å². The number of nitrogens with zero attached hydrogens (tertiary/aromatic N) is 1. The number of aromatic hydroxyl groups is 1. The summed E-state index contributed by atoms with van der Waals surface area (Å²) < 4.78 is 13.0. The van der Waals surface area contributed by atoms with E-state index in [4.69, 9.17) is 5.11 Å². The number of hydrogen-bond donors (Lipinski definition) is 2. The van der Waals surface area contributed by atoms with Crippen molar-refractivity contribution >= 4 is 17.0 Å². The lowest BCUT2D eigenvalue weighted by atomic mass is 10.3. The maximum atomic E-state index is 13.0. The number of thiazole rings is 1. The molecule has 2 N–H and O–H groups in total. The van der Waals surface area contributed by atoms with E-state index in [0.717, 1.165) is 10.7 Å². The van der Waals surface area contributed by atoms with Gasteiger partial charge in [-0.15, -0.1) is 11.3 Å². The third kappa shape index (κ3) is 2.49. The number of aromatic nitrogens is 1. The second kappa shape index (κ2) is 4.49. The quantitative estimate of drug-likeness (QED) is 0.808. The average molecular weight is 238 g/mol. The SMILES string of the molecule is Cc1nc(CNc2ccc(O)c(F)c2)cs1. The molecule has 1 heterocycles. The lowest BCUT2D eigenvalue weighted by Gasteiger charge is -2.04. The highest BCUT2D eigenvalue weighted by Crippen LogP contribution is 2.20. The minimum atomic E-state index is -0.626. The van der Waals surface area contributed by atoms with Gasteiger partial charge in [-0.25, -0.2) is 9.37 Å². The predicted molar refractivity (Wildman–Crippen MR) is 62.2 cm³/mol. The summed E-state index contributed by atoms with van der Waals surface area (Å²) in [6.07, 6.45) is 0. The number of anilines is 1. The third-order valence-electron chi connectivity index (χ3n) is 2.09. The van der Waals surface area contributed by atoms with Gasteiger partial charge in [0.15, 0.2) is 11.6 Å². The van der Waals surface area contributed by atoms with E-state index >= 15 is 0 Å². The lowest BCUT2D eigenvalue weighted by molar-refractivity contribution is 0.432. The van der Waals surface area contributed by atoms with Gasteiger partial charge in [-0.05, 0) is 19.1 Å². The number of rotatable bonds is 3. The third-order valence-corrected chi connectivity index (χ3v) is 2.91. The number of hydrogen-bond acceptors (Lipinski definition) is 4. The summed E-state index contributed by atoms with van der Waals surface area (Å²) in [6, 6.07) is 4.20. The molecule has 5 heteroatoms. The van der Waals surface area contributed by atoms with Crippen molar-refractivity contribution < 1.29 is 9.50 Å². The zero-order valence-corrected chi connectivity index (χ0v) is 9.51. The van der Waals surface area contributed by atoms with Gasteiger partial charge >= 0.3 is 0 Å². The zero-order valence-electron chi connectivity index (χ0n) is 8.70. The summed E-state index contributed by atoms with van der Waals surface area (Å²) >= 11 is 1.58. The first-order chi connectivity index (χ1) is 7.65. The Labute approximate surface area is 96.6 Å². The highest BCUT2D eigenvalue weighted by atomic mass is 32.1. The summed E-state index contributed by atoms with van der Waals surface area (Å²) in [5.41, 5.74) is 1.55.